The van der Waals surface area contributed by atoms with Crippen molar-refractivity contribution in [3.8, 4) is 0 Å². The van der Waals surface area contributed by atoms with Crippen molar-refractivity contribution in [3.63, 3.8) is 0 Å². The second-order valence-electron chi connectivity index (χ2n) is 6.31. The number of carbonyl (C=O) groups excluding carboxylic acids is 1. The minimum atomic E-state index is -1.39. The van der Waals surface area contributed by atoms with Crippen LogP contribution < -0.4 is 0 Å². The Balaban J connectivity index is 2.15. The lowest BCUT2D eigenvalue weighted by atomic mass is 9.85. The highest BCUT2D eigenvalue weighted by Gasteiger charge is 2.46. The van der Waals surface area contributed by atoms with Gasteiger partial charge in [0.15, 0.2) is 6.10 Å². The number of methoxy groups -OCH3 is 1. The molecule has 3 rings (SSSR count). The molecule has 2 atom stereocenters. The van der Waals surface area contributed by atoms with Crippen LogP contribution in [-0.2, 0) is 20.0 Å². The van der Waals surface area contributed by atoms with E-state index < -0.39 is 16.8 Å². The Bertz CT molecular complexity index is 900. The summed E-state index contributed by atoms with van der Waals surface area (Å²) in [5, 5.41) is 11.7. The maximum Gasteiger partial charge on any atom is 0.336 e. The maximum atomic E-state index is 12.5. The van der Waals surface area contributed by atoms with Gasteiger partial charge in [-0.2, -0.15) is 0 Å². The summed E-state index contributed by atoms with van der Waals surface area (Å²) in [4.78, 5) is 12.5. The van der Waals surface area contributed by atoms with Crippen molar-refractivity contribution >= 4 is 29.3 Å². The van der Waals surface area contributed by atoms with E-state index in [1.54, 1.807) is 12.1 Å². The first-order valence-electron chi connectivity index (χ1n) is 8.83. The fourth-order valence-electron chi connectivity index (χ4n) is 3.16. The monoisotopic (exact) mass is 412 g/mol. The van der Waals surface area contributed by atoms with E-state index in [9.17, 15) is 9.90 Å². The lowest BCUT2D eigenvalue weighted by molar-refractivity contribution is -0.151. The normalized spacial score (nSPS) is 14.1. The molecule has 3 aromatic carbocycles. The van der Waals surface area contributed by atoms with Crippen LogP contribution in [0.25, 0.3) is 0 Å². The van der Waals surface area contributed by atoms with Gasteiger partial charge in [-0.05, 0) is 28.8 Å². The molecular formula is C23H21ClO3S. The summed E-state index contributed by atoms with van der Waals surface area (Å²) in [6.07, 6.45) is -1.39. The van der Waals surface area contributed by atoms with Gasteiger partial charge in [-0.15, -0.1) is 11.8 Å². The molecule has 0 bridgehead atoms. The number of thioether (sulfide) groups is 1. The summed E-state index contributed by atoms with van der Waals surface area (Å²) in [5.74, 6) is -0.0776. The Kier molecular flexibility index (Phi) is 6.79. The van der Waals surface area contributed by atoms with E-state index in [4.69, 9.17) is 16.3 Å². The molecule has 0 aliphatic rings. The summed E-state index contributed by atoms with van der Waals surface area (Å²) in [6.45, 7) is 0. The van der Waals surface area contributed by atoms with Crippen LogP contribution in [0.2, 0.25) is 5.02 Å². The molecule has 28 heavy (non-hydrogen) atoms. The Hall–Kier alpha value is -2.27. The topological polar surface area (TPSA) is 46.5 Å². The second-order valence-corrected chi connectivity index (χ2v) is 7.97. The lowest BCUT2D eigenvalue weighted by Gasteiger charge is -2.37. The van der Waals surface area contributed by atoms with Gasteiger partial charge < -0.3 is 9.84 Å². The summed E-state index contributed by atoms with van der Waals surface area (Å²) < 4.78 is 3.86. The van der Waals surface area contributed by atoms with Gasteiger partial charge in [-0.1, -0.05) is 84.4 Å². The molecule has 1 N–H and O–H groups in total. The van der Waals surface area contributed by atoms with Crippen molar-refractivity contribution in [2.45, 2.75) is 16.6 Å². The molecule has 0 spiro atoms. The number of rotatable bonds is 7. The zero-order valence-corrected chi connectivity index (χ0v) is 17.0. The van der Waals surface area contributed by atoms with E-state index >= 15 is 0 Å². The highest BCUT2D eigenvalue weighted by Crippen LogP contribution is 2.47. The molecule has 0 unspecified atom stereocenters. The van der Waals surface area contributed by atoms with Gasteiger partial charge >= 0.3 is 5.97 Å². The highest BCUT2D eigenvalue weighted by molar-refractivity contribution is 7.99. The third-order valence-electron chi connectivity index (χ3n) is 4.59. The van der Waals surface area contributed by atoms with E-state index in [1.807, 2.05) is 72.8 Å². The largest absolute Gasteiger partial charge is 0.467 e. The van der Waals surface area contributed by atoms with Crippen molar-refractivity contribution in [1.29, 1.82) is 0 Å². The van der Waals surface area contributed by atoms with Crippen LogP contribution in [0.5, 0.6) is 0 Å². The number of hydrogen-bond acceptors (Lipinski definition) is 4. The molecule has 144 valence electrons. The average molecular weight is 413 g/mol. The average Bonchev–Trinajstić information content (AvgIpc) is 2.76. The zero-order valence-electron chi connectivity index (χ0n) is 15.4. The van der Waals surface area contributed by atoms with Crippen LogP contribution in [0.4, 0.5) is 0 Å². The van der Waals surface area contributed by atoms with E-state index in [0.717, 1.165) is 16.7 Å². The molecule has 0 aliphatic carbocycles. The number of aliphatic hydroxyl groups is 1. The summed E-state index contributed by atoms with van der Waals surface area (Å²) in [5.41, 5.74) is 2.69. The van der Waals surface area contributed by atoms with Crippen LogP contribution in [0.1, 0.15) is 16.7 Å². The summed E-state index contributed by atoms with van der Waals surface area (Å²) in [7, 11) is 1.28. The minimum Gasteiger partial charge on any atom is -0.467 e. The van der Waals surface area contributed by atoms with Crippen molar-refractivity contribution in [1.82, 2.24) is 0 Å². The van der Waals surface area contributed by atoms with Crippen LogP contribution in [0, 0.1) is 0 Å². The Morgan fingerprint density at radius 1 is 0.964 bits per heavy atom. The quantitative estimate of drug-likeness (QED) is 0.551. The number of aliphatic hydroxyl groups excluding tert-OH is 1. The van der Waals surface area contributed by atoms with E-state index in [0.29, 0.717) is 10.8 Å². The molecule has 3 nitrogen and oxygen atoms in total. The third kappa shape index (κ3) is 4.25. The highest BCUT2D eigenvalue weighted by atomic mass is 35.5. The Morgan fingerprint density at radius 3 is 2.07 bits per heavy atom. The standard InChI is InChI=1S/C23H21ClO3S/c1-27-22(26)21(25)23(18-10-6-3-7-11-18,19-12-14-20(24)15-13-19)28-16-17-8-4-2-5-9-17/h2-15,21,25H,16H2,1H3/t21-,23+/m1/s1. The van der Waals surface area contributed by atoms with Crippen molar-refractivity contribution in [2.24, 2.45) is 0 Å². The number of esters is 1. The van der Waals surface area contributed by atoms with Crippen LogP contribution in [-0.4, -0.2) is 24.3 Å². The first-order valence-corrected chi connectivity index (χ1v) is 10.2. The second kappa shape index (κ2) is 9.28. The summed E-state index contributed by atoms with van der Waals surface area (Å²) >= 11 is 7.58. The van der Waals surface area contributed by atoms with Crippen LogP contribution >= 0.6 is 23.4 Å². The number of benzene rings is 3. The number of halogens is 1. The molecule has 0 saturated carbocycles. The smallest absolute Gasteiger partial charge is 0.336 e. The third-order valence-corrected chi connectivity index (χ3v) is 6.47. The van der Waals surface area contributed by atoms with Gasteiger partial charge in [-0.3, -0.25) is 0 Å². The molecule has 0 aliphatic heterocycles. The first kappa shape index (κ1) is 20.5. The van der Waals surface area contributed by atoms with Gasteiger partial charge in [-0.25, -0.2) is 4.79 Å². The predicted octanol–water partition coefficient (Wildman–Crippen LogP) is 5.05. The van der Waals surface area contributed by atoms with Gasteiger partial charge in [0, 0.05) is 10.8 Å². The van der Waals surface area contributed by atoms with Gasteiger partial charge in [0.25, 0.3) is 0 Å². The van der Waals surface area contributed by atoms with E-state index in [1.165, 1.54) is 18.9 Å². The first-order chi connectivity index (χ1) is 13.6. The fourth-order valence-corrected chi connectivity index (χ4v) is 4.73. The van der Waals surface area contributed by atoms with Gasteiger partial charge in [0.1, 0.15) is 4.75 Å². The van der Waals surface area contributed by atoms with Crippen molar-refractivity contribution < 1.29 is 14.6 Å². The molecule has 5 heteroatoms. The molecule has 0 aromatic heterocycles. The van der Waals surface area contributed by atoms with Crippen LogP contribution in [0.3, 0.4) is 0 Å². The minimum absolute atomic E-state index is 0.589. The van der Waals surface area contributed by atoms with Gasteiger partial charge in [0.05, 0.1) is 7.11 Å². The number of hydrogen-bond donors (Lipinski definition) is 1. The van der Waals surface area contributed by atoms with E-state index in [2.05, 4.69) is 0 Å². The molecular weight excluding hydrogens is 392 g/mol. The van der Waals surface area contributed by atoms with Crippen molar-refractivity contribution in [3.05, 3.63) is 107 Å². The molecule has 3 aromatic rings. The SMILES string of the molecule is COC(=O)[C@@H](O)[C@](SCc1ccccc1)(c1ccccc1)c1ccc(Cl)cc1. The predicted molar refractivity (Wildman–Crippen MR) is 114 cm³/mol. The summed E-state index contributed by atoms with van der Waals surface area (Å²) in [6, 6.07) is 26.7. The Labute approximate surface area is 174 Å². The molecule has 0 heterocycles. The van der Waals surface area contributed by atoms with Gasteiger partial charge in [0.2, 0.25) is 0 Å². The molecule has 0 amide bonds. The fraction of sp³-hybridized carbons (Fsp3) is 0.174. The molecule has 0 radical (unpaired) electrons. The zero-order chi connectivity index (χ0) is 20.0. The lowest BCUT2D eigenvalue weighted by Crippen LogP contribution is -2.44. The Morgan fingerprint density at radius 2 is 1.50 bits per heavy atom. The van der Waals surface area contributed by atoms with Crippen molar-refractivity contribution in [2.75, 3.05) is 7.11 Å². The molecule has 0 saturated heterocycles. The maximum absolute atomic E-state index is 12.5. The van der Waals surface area contributed by atoms with Crippen LogP contribution in [0.15, 0.2) is 84.9 Å². The van der Waals surface area contributed by atoms with E-state index in [-0.39, 0.29) is 0 Å². The number of ether oxygens (including phenoxy) is 1. The molecule has 0 fully saturated rings. The number of carbonyl (C=O) groups is 1.